The summed E-state index contributed by atoms with van der Waals surface area (Å²) in [5.74, 6) is 0.657. The van der Waals surface area contributed by atoms with Gasteiger partial charge in [0.1, 0.15) is 35.5 Å². The van der Waals surface area contributed by atoms with Crippen molar-refractivity contribution in [3.8, 4) is 11.8 Å². The molecule has 300 valence electrons. The Kier molecular flexibility index (Phi) is 11.4. The largest absolute Gasteiger partial charge is 0.489 e. The number of hydrogen-bond acceptors (Lipinski definition) is 11. The van der Waals surface area contributed by atoms with Crippen molar-refractivity contribution in [2.45, 2.75) is 71.6 Å². The highest BCUT2D eigenvalue weighted by atomic mass is 35.5. The van der Waals surface area contributed by atoms with Gasteiger partial charge in [0.2, 0.25) is 11.8 Å². The highest BCUT2D eigenvalue weighted by Gasteiger charge is 2.64. The van der Waals surface area contributed by atoms with Gasteiger partial charge >= 0.3 is 0 Å². The average molecular weight is 796 g/mol. The summed E-state index contributed by atoms with van der Waals surface area (Å²) < 4.78 is 6.37. The van der Waals surface area contributed by atoms with Gasteiger partial charge in [0.15, 0.2) is 0 Å². The lowest BCUT2D eigenvalue weighted by Gasteiger charge is -2.63. The molecule has 15 heteroatoms. The first-order valence-electron chi connectivity index (χ1n) is 19.7. The van der Waals surface area contributed by atoms with E-state index in [1.165, 1.54) is 0 Å². The van der Waals surface area contributed by atoms with Crippen molar-refractivity contribution < 1.29 is 23.9 Å². The first-order chi connectivity index (χ1) is 27.2. The Labute approximate surface area is 338 Å². The van der Waals surface area contributed by atoms with Crippen LogP contribution in [0.25, 0.3) is 0 Å². The molecular weight excluding hydrogens is 746 g/mol. The van der Waals surface area contributed by atoms with E-state index in [4.69, 9.17) is 21.3 Å². The SMILES string of the molecule is CC1(C)C(NC(=O)c2ccc(N3CCC(CN4CCN(c5ccc(C(=O)NC6CCC(=O)NC6=O)nc5)CC4)CC3)nc2)C(C)(C)C1Oc1ccc(C#N)c(Cl)c1. The number of piperazine rings is 1. The minimum atomic E-state index is -0.736. The zero-order chi connectivity index (χ0) is 40.5. The van der Waals surface area contributed by atoms with Crippen molar-refractivity contribution >= 4 is 46.7 Å². The number of pyridine rings is 2. The maximum atomic E-state index is 13.4. The summed E-state index contributed by atoms with van der Waals surface area (Å²) in [5, 5.41) is 17.7. The Morgan fingerprint density at radius 1 is 0.895 bits per heavy atom. The van der Waals surface area contributed by atoms with Crippen LogP contribution in [0.5, 0.6) is 5.75 Å². The second kappa shape index (κ2) is 16.3. The monoisotopic (exact) mass is 795 g/mol. The predicted octanol–water partition coefficient (Wildman–Crippen LogP) is 4.19. The van der Waals surface area contributed by atoms with E-state index in [0.29, 0.717) is 27.8 Å². The van der Waals surface area contributed by atoms with E-state index >= 15 is 0 Å². The van der Waals surface area contributed by atoms with Crippen molar-refractivity contribution in [3.63, 3.8) is 0 Å². The van der Waals surface area contributed by atoms with Crippen molar-refractivity contribution in [1.29, 1.82) is 5.26 Å². The smallest absolute Gasteiger partial charge is 0.270 e. The second-order valence-corrected chi connectivity index (χ2v) is 17.2. The lowest BCUT2D eigenvalue weighted by Crippen LogP contribution is -2.74. The Morgan fingerprint density at radius 2 is 1.63 bits per heavy atom. The molecule has 0 spiro atoms. The number of carbonyl (C=O) groups excluding carboxylic acids is 4. The molecule has 1 aromatic carbocycles. The maximum absolute atomic E-state index is 13.4. The first-order valence-corrected chi connectivity index (χ1v) is 20.1. The number of ether oxygens (including phenoxy) is 1. The van der Waals surface area contributed by atoms with Gasteiger partial charge in [-0.2, -0.15) is 5.26 Å². The number of rotatable bonds is 10. The number of carbonyl (C=O) groups is 4. The van der Waals surface area contributed by atoms with Gasteiger partial charge in [-0.15, -0.1) is 0 Å². The predicted molar refractivity (Wildman–Crippen MR) is 215 cm³/mol. The fourth-order valence-corrected chi connectivity index (χ4v) is 9.40. The Bertz CT molecular complexity index is 2020. The number of imide groups is 1. The number of anilines is 2. The summed E-state index contributed by atoms with van der Waals surface area (Å²) in [7, 11) is 0. The summed E-state index contributed by atoms with van der Waals surface area (Å²) >= 11 is 6.24. The number of nitriles is 1. The van der Waals surface area contributed by atoms with E-state index in [9.17, 15) is 24.4 Å². The van der Waals surface area contributed by atoms with E-state index in [1.807, 2.05) is 18.2 Å². The Hall–Kier alpha value is -5.26. The summed E-state index contributed by atoms with van der Waals surface area (Å²) in [4.78, 5) is 65.6. The zero-order valence-corrected chi connectivity index (χ0v) is 33.6. The fourth-order valence-electron chi connectivity index (χ4n) is 9.19. The number of nitrogens with one attached hydrogen (secondary N) is 3. The molecule has 1 aliphatic carbocycles. The summed E-state index contributed by atoms with van der Waals surface area (Å²) in [5.41, 5.74) is 1.38. The van der Waals surface area contributed by atoms with Gasteiger partial charge in [0.25, 0.3) is 11.8 Å². The molecule has 4 fully saturated rings. The van der Waals surface area contributed by atoms with Crippen LogP contribution < -0.4 is 30.5 Å². The van der Waals surface area contributed by atoms with Crippen LogP contribution in [0.2, 0.25) is 5.02 Å². The number of piperidine rings is 2. The minimum Gasteiger partial charge on any atom is -0.489 e. The molecule has 0 radical (unpaired) electrons. The zero-order valence-electron chi connectivity index (χ0n) is 32.9. The van der Waals surface area contributed by atoms with E-state index in [0.717, 1.165) is 70.2 Å². The van der Waals surface area contributed by atoms with Crippen LogP contribution in [0, 0.1) is 28.1 Å². The minimum absolute atomic E-state index is 0.142. The molecule has 4 amide bonds. The lowest BCUT2D eigenvalue weighted by molar-refractivity contribution is -0.164. The third kappa shape index (κ3) is 8.55. The van der Waals surface area contributed by atoms with Crippen molar-refractivity contribution in [3.05, 3.63) is 76.7 Å². The van der Waals surface area contributed by atoms with Gasteiger partial charge < -0.3 is 25.2 Å². The molecule has 3 N–H and O–H groups in total. The van der Waals surface area contributed by atoms with Gasteiger partial charge in [0.05, 0.1) is 28.0 Å². The molecule has 1 saturated carbocycles. The summed E-state index contributed by atoms with van der Waals surface area (Å²) in [6.45, 7) is 14.8. The van der Waals surface area contributed by atoms with Gasteiger partial charge in [0, 0.05) is 81.4 Å². The molecule has 14 nitrogen and oxygen atoms in total. The molecular formula is C42H50ClN9O5. The van der Waals surface area contributed by atoms with Crippen molar-refractivity contribution in [1.82, 2.24) is 30.8 Å². The van der Waals surface area contributed by atoms with Crippen LogP contribution in [-0.4, -0.2) is 102 Å². The molecule has 5 heterocycles. The summed E-state index contributed by atoms with van der Waals surface area (Å²) in [6, 6.07) is 13.6. The van der Waals surface area contributed by atoms with Crippen LogP contribution in [0.3, 0.4) is 0 Å². The first kappa shape index (κ1) is 40.0. The van der Waals surface area contributed by atoms with Crippen LogP contribution in [0.15, 0.2) is 54.9 Å². The summed E-state index contributed by atoms with van der Waals surface area (Å²) in [6.07, 6.45) is 5.80. The molecule has 3 aliphatic heterocycles. The van der Waals surface area contributed by atoms with E-state index < -0.39 is 17.9 Å². The number of aromatic nitrogens is 2. The molecule has 7 rings (SSSR count). The van der Waals surface area contributed by atoms with Crippen LogP contribution in [0.4, 0.5) is 11.5 Å². The molecule has 4 aliphatic rings. The van der Waals surface area contributed by atoms with Gasteiger partial charge in [-0.05, 0) is 61.6 Å². The van der Waals surface area contributed by atoms with Gasteiger partial charge in [-0.1, -0.05) is 39.3 Å². The maximum Gasteiger partial charge on any atom is 0.270 e. The van der Waals surface area contributed by atoms with Gasteiger partial charge in [-0.25, -0.2) is 9.97 Å². The van der Waals surface area contributed by atoms with Crippen LogP contribution in [-0.2, 0) is 9.59 Å². The lowest BCUT2D eigenvalue weighted by atomic mass is 9.49. The topological polar surface area (TPSA) is 173 Å². The third-order valence-corrected chi connectivity index (χ3v) is 12.5. The van der Waals surface area contributed by atoms with E-state index in [-0.39, 0.29) is 53.3 Å². The van der Waals surface area contributed by atoms with Crippen LogP contribution >= 0.6 is 11.6 Å². The van der Waals surface area contributed by atoms with Crippen LogP contribution in [0.1, 0.15) is 79.8 Å². The number of nitrogens with zero attached hydrogens (tertiary/aromatic N) is 6. The third-order valence-electron chi connectivity index (χ3n) is 12.2. The quantitative estimate of drug-likeness (QED) is 0.251. The fraction of sp³-hybridized carbons (Fsp3) is 0.500. The number of benzene rings is 1. The molecule has 3 saturated heterocycles. The van der Waals surface area contributed by atoms with E-state index in [1.54, 1.807) is 36.7 Å². The molecule has 3 aromatic rings. The van der Waals surface area contributed by atoms with Crippen molar-refractivity contribution in [2.24, 2.45) is 16.7 Å². The molecule has 2 aromatic heterocycles. The number of halogens is 1. The van der Waals surface area contributed by atoms with Crippen molar-refractivity contribution in [2.75, 3.05) is 55.6 Å². The molecule has 57 heavy (non-hydrogen) atoms. The Morgan fingerprint density at radius 3 is 2.25 bits per heavy atom. The highest BCUT2D eigenvalue weighted by Crippen LogP contribution is 2.55. The highest BCUT2D eigenvalue weighted by molar-refractivity contribution is 6.31. The van der Waals surface area contributed by atoms with Gasteiger partial charge in [-0.3, -0.25) is 29.4 Å². The second-order valence-electron chi connectivity index (χ2n) is 16.8. The standard InChI is InChI=1S/C42H50ClN9O5/c1-41(2)39(42(3,4)40(41)57-30-8-5-27(22-44)31(43)21-30)49-36(54)28-6-11-34(46-23-28)52-15-13-26(14-16-52)25-50-17-19-51(20-18-50)29-7-9-32(45-24-29)37(55)47-33-10-12-35(53)48-38(33)56/h5-9,11,21,23-24,26,33,39-40H,10,12-20,25H2,1-4H3,(H,47,55)(H,49,54)(H,48,53,56). The average Bonchev–Trinajstić information content (AvgIpc) is 3.20. The normalized spacial score (nSPS) is 23.5. The van der Waals surface area contributed by atoms with E-state index in [2.05, 4.69) is 69.4 Å². The Balaban J connectivity index is 0.832. The molecule has 1 atom stereocenters. The molecule has 0 bridgehead atoms. The number of hydrogen-bond donors (Lipinski definition) is 3. The number of amides is 4. The molecule has 1 unspecified atom stereocenters.